The maximum absolute atomic E-state index is 10.9. The van der Waals surface area contributed by atoms with E-state index in [1.54, 1.807) is 0 Å². The number of likely N-dealkylation sites (tertiary alicyclic amines) is 1. The maximum Gasteiger partial charge on any atom is 0.407 e. The number of carbonyl (C=O) groups is 1. The quantitative estimate of drug-likeness (QED) is 0.874. The zero-order chi connectivity index (χ0) is 12.3. The van der Waals surface area contributed by atoms with Crippen molar-refractivity contribution in [3.63, 3.8) is 0 Å². The second kappa shape index (κ2) is 5.23. The lowest BCUT2D eigenvalue weighted by molar-refractivity contribution is 0.147. The lowest BCUT2D eigenvalue weighted by Gasteiger charge is -2.17. The third-order valence-corrected chi connectivity index (χ3v) is 3.14. The average molecular weight is 252 g/mol. The fourth-order valence-electron chi connectivity index (χ4n) is 2.06. The van der Waals surface area contributed by atoms with Gasteiger partial charge in [-0.15, -0.1) is 0 Å². The van der Waals surface area contributed by atoms with Gasteiger partial charge < -0.3 is 10.0 Å². The molecule has 0 unspecified atom stereocenters. The summed E-state index contributed by atoms with van der Waals surface area (Å²) in [6.07, 6.45) is 4.84. The molecule has 0 radical (unpaired) electrons. The molecule has 0 bridgehead atoms. The molecule has 4 heteroatoms. The van der Waals surface area contributed by atoms with Crippen LogP contribution in [0.5, 0.6) is 0 Å². The number of amides is 1. The van der Waals surface area contributed by atoms with Crippen molar-refractivity contribution in [1.82, 2.24) is 4.90 Å². The van der Waals surface area contributed by atoms with Gasteiger partial charge in [0.15, 0.2) is 0 Å². The summed E-state index contributed by atoms with van der Waals surface area (Å²) in [5.41, 5.74) is 0.995. The van der Waals surface area contributed by atoms with Crippen molar-refractivity contribution in [2.45, 2.75) is 18.9 Å². The fourth-order valence-corrected chi connectivity index (χ4v) is 2.26. The zero-order valence-electron chi connectivity index (χ0n) is 9.34. The molecule has 1 saturated heterocycles. The highest BCUT2D eigenvalue weighted by atomic mass is 35.5. The van der Waals surface area contributed by atoms with Gasteiger partial charge in [0.25, 0.3) is 0 Å². The van der Waals surface area contributed by atoms with Crippen LogP contribution in [-0.2, 0) is 0 Å². The van der Waals surface area contributed by atoms with Crippen LogP contribution in [-0.4, -0.2) is 28.7 Å². The monoisotopic (exact) mass is 251 g/mol. The lowest BCUT2D eigenvalue weighted by atomic mass is 10.1. The fraction of sp³-hybridized carbons (Fsp3) is 0.308. The van der Waals surface area contributed by atoms with Gasteiger partial charge >= 0.3 is 6.09 Å². The Balaban J connectivity index is 2.07. The van der Waals surface area contributed by atoms with Gasteiger partial charge in [0.05, 0.1) is 6.04 Å². The van der Waals surface area contributed by atoms with Crippen LogP contribution < -0.4 is 0 Å². The average Bonchev–Trinajstić information content (AvgIpc) is 2.74. The van der Waals surface area contributed by atoms with Crippen molar-refractivity contribution in [1.29, 1.82) is 0 Å². The molecule has 1 heterocycles. The number of hydrogen-bond donors (Lipinski definition) is 1. The van der Waals surface area contributed by atoms with E-state index in [2.05, 4.69) is 0 Å². The molecule has 17 heavy (non-hydrogen) atoms. The smallest absolute Gasteiger partial charge is 0.407 e. The predicted molar refractivity (Wildman–Crippen MR) is 68.2 cm³/mol. The molecule has 1 N–H and O–H groups in total. The Morgan fingerprint density at radius 3 is 3.06 bits per heavy atom. The van der Waals surface area contributed by atoms with Gasteiger partial charge in [-0.3, -0.25) is 0 Å². The van der Waals surface area contributed by atoms with Crippen LogP contribution in [0.25, 0.3) is 6.08 Å². The molecule has 1 aromatic rings. The van der Waals surface area contributed by atoms with Crippen molar-refractivity contribution in [2.75, 3.05) is 6.54 Å². The number of carboxylic acid groups (broad SMARTS) is 1. The van der Waals surface area contributed by atoms with Crippen LogP contribution >= 0.6 is 11.6 Å². The maximum atomic E-state index is 10.9. The summed E-state index contributed by atoms with van der Waals surface area (Å²) in [6, 6.07) is 7.50. The van der Waals surface area contributed by atoms with Gasteiger partial charge in [-0.1, -0.05) is 35.9 Å². The molecule has 3 nitrogen and oxygen atoms in total. The van der Waals surface area contributed by atoms with E-state index >= 15 is 0 Å². The van der Waals surface area contributed by atoms with E-state index in [4.69, 9.17) is 16.7 Å². The third-order valence-electron chi connectivity index (χ3n) is 2.90. The second-order valence-electron chi connectivity index (χ2n) is 4.10. The molecular formula is C13H14ClNO2. The Kier molecular flexibility index (Phi) is 3.69. The molecule has 0 aliphatic carbocycles. The second-order valence-corrected chi connectivity index (χ2v) is 4.54. The molecule has 1 aromatic carbocycles. The SMILES string of the molecule is O=C(O)N1CCC[C@@H]1C=Cc1cccc(Cl)c1. The Labute approximate surface area is 105 Å². The summed E-state index contributed by atoms with van der Waals surface area (Å²) in [5.74, 6) is 0. The predicted octanol–water partition coefficient (Wildman–Crippen LogP) is 3.50. The molecular weight excluding hydrogens is 238 g/mol. The summed E-state index contributed by atoms with van der Waals surface area (Å²) >= 11 is 5.88. The highest BCUT2D eigenvalue weighted by Gasteiger charge is 2.25. The van der Waals surface area contributed by atoms with Crippen molar-refractivity contribution < 1.29 is 9.90 Å². The molecule has 1 atom stereocenters. The van der Waals surface area contributed by atoms with Gasteiger partial charge in [0, 0.05) is 11.6 Å². The van der Waals surface area contributed by atoms with Crippen molar-refractivity contribution in [3.8, 4) is 0 Å². The summed E-state index contributed by atoms with van der Waals surface area (Å²) in [7, 11) is 0. The topological polar surface area (TPSA) is 40.5 Å². The first-order valence-corrected chi connectivity index (χ1v) is 5.98. The minimum Gasteiger partial charge on any atom is -0.465 e. The van der Waals surface area contributed by atoms with Crippen molar-refractivity contribution >= 4 is 23.8 Å². The summed E-state index contributed by atoms with van der Waals surface area (Å²) in [4.78, 5) is 12.4. The Bertz CT molecular complexity index is 445. The van der Waals surface area contributed by atoms with Crippen LogP contribution in [0.1, 0.15) is 18.4 Å². The third kappa shape index (κ3) is 3.01. The van der Waals surface area contributed by atoms with E-state index in [-0.39, 0.29) is 6.04 Å². The van der Waals surface area contributed by atoms with Gasteiger partial charge in [-0.05, 0) is 30.5 Å². The summed E-state index contributed by atoms with van der Waals surface area (Å²) in [5, 5.41) is 9.68. The van der Waals surface area contributed by atoms with Crippen LogP contribution in [0.3, 0.4) is 0 Å². The number of hydrogen-bond acceptors (Lipinski definition) is 1. The minimum absolute atomic E-state index is 0.00789. The summed E-state index contributed by atoms with van der Waals surface area (Å²) < 4.78 is 0. The minimum atomic E-state index is -0.844. The number of nitrogens with zero attached hydrogens (tertiary/aromatic N) is 1. The first-order valence-electron chi connectivity index (χ1n) is 5.60. The standard InChI is InChI=1S/C13H14ClNO2/c14-11-4-1-3-10(9-11)6-7-12-5-2-8-15(12)13(16)17/h1,3-4,6-7,9,12H,2,5,8H2,(H,16,17)/t12-/m1/s1. The van der Waals surface area contributed by atoms with E-state index in [0.717, 1.165) is 18.4 Å². The molecule has 90 valence electrons. The van der Waals surface area contributed by atoms with Gasteiger partial charge in [0.1, 0.15) is 0 Å². The highest BCUT2D eigenvalue weighted by Crippen LogP contribution is 2.20. The molecule has 1 aliphatic rings. The van der Waals surface area contributed by atoms with E-state index < -0.39 is 6.09 Å². The Hall–Kier alpha value is -1.48. The number of rotatable bonds is 2. The number of halogens is 1. The van der Waals surface area contributed by atoms with E-state index in [9.17, 15) is 4.79 Å². The normalized spacial score (nSPS) is 20.1. The lowest BCUT2D eigenvalue weighted by Crippen LogP contribution is -2.32. The van der Waals surface area contributed by atoms with Crippen LogP contribution in [0.4, 0.5) is 4.79 Å². The zero-order valence-corrected chi connectivity index (χ0v) is 10.1. The largest absolute Gasteiger partial charge is 0.465 e. The molecule has 2 rings (SSSR count). The molecule has 0 spiro atoms. The molecule has 1 fully saturated rings. The number of benzene rings is 1. The van der Waals surface area contributed by atoms with Crippen LogP contribution in [0.15, 0.2) is 30.3 Å². The Morgan fingerprint density at radius 2 is 2.35 bits per heavy atom. The van der Waals surface area contributed by atoms with E-state index in [0.29, 0.717) is 11.6 Å². The first kappa shape index (κ1) is 12.0. The highest BCUT2D eigenvalue weighted by molar-refractivity contribution is 6.30. The van der Waals surface area contributed by atoms with Crippen LogP contribution in [0.2, 0.25) is 5.02 Å². The molecule has 0 aromatic heterocycles. The van der Waals surface area contributed by atoms with E-state index in [1.807, 2.05) is 36.4 Å². The van der Waals surface area contributed by atoms with Crippen LogP contribution in [0, 0.1) is 0 Å². The summed E-state index contributed by atoms with van der Waals surface area (Å²) in [6.45, 7) is 0.625. The molecule has 1 aliphatic heterocycles. The van der Waals surface area contributed by atoms with Gasteiger partial charge in [-0.25, -0.2) is 4.79 Å². The van der Waals surface area contributed by atoms with E-state index in [1.165, 1.54) is 4.90 Å². The van der Waals surface area contributed by atoms with Gasteiger partial charge in [0.2, 0.25) is 0 Å². The van der Waals surface area contributed by atoms with Crippen molar-refractivity contribution in [3.05, 3.63) is 40.9 Å². The molecule has 1 amide bonds. The Morgan fingerprint density at radius 1 is 1.53 bits per heavy atom. The van der Waals surface area contributed by atoms with Crippen molar-refractivity contribution in [2.24, 2.45) is 0 Å². The molecule has 0 saturated carbocycles. The first-order chi connectivity index (χ1) is 8.16. The van der Waals surface area contributed by atoms with Gasteiger partial charge in [-0.2, -0.15) is 0 Å².